The smallest absolute Gasteiger partial charge is 0.407 e. The monoisotopic (exact) mass is 295 g/mol. The van der Waals surface area contributed by atoms with Crippen LogP contribution in [0.1, 0.15) is 31.7 Å². The molecule has 1 aromatic rings. The van der Waals surface area contributed by atoms with Gasteiger partial charge in [-0.2, -0.15) is 0 Å². The summed E-state index contributed by atoms with van der Waals surface area (Å²) < 4.78 is 10.3. The van der Waals surface area contributed by atoms with Gasteiger partial charge in [-0.05, 0) is 18.4 Å². The highest BCUT2D eigenvalue weighted by atomic mass is 16.6. The van der Waals surface area contributed by atoms with E-state index in [2.05, 4.69) is 12.2 Å². The van der Waals surface area contributed by atoms with E-state index in [-0.39, 0.29) is 6.61 Å². The van der Waals surface area contributed by atoms with Gasteiger partial charge in [0, 0.05) is 19.8 Å². The summed E-state index contributed by atoms with van der Waals surface area (Å²) in [7, 11) is 0. The van der Waals surface area contributed by atoms with Crippen molar-refractivity contribution in [2.45, 2.75) is 38.8 Å². The van der Waals surface area contributed by atoms with E-state index in [9.17, 15) is 9.90 Å². The first-order chi connectivity index (χ1) is 10.2. The topological polar surface area (TPSA) is 67.8 Å². The molecule has 0 radical (unpaired) electrons. The minimum absolute atomic E-state index is 0.0161. The van der Waals surface area contributed by atoms with Gasteiger partial charge in [0.25, 0.3) is 0 Å². The number of ether oxygens (including phenoxy) is 2. The van der Waals surface area contributed by atoms with Crippen LogP contribution < -0.4 is 5.32 Å². The molecular weight excluding hydrogens is 270 g/mol. The molecule has 0 saturated heterocycles. The summed E-state index contributed by atoms with van der Waals surface area (Å²) in [6.45, 7) is 3.69. The van der Waals surface area contributed by atoms with Crippen molar-refractivity contribution >= 4 is 6.09 Å². The molecule has 0 aliphatic rings. The van der Waals surface area contributed by atoms with Crippen LogP contribution in [0.2, 0.25) is 0 Å². The summed E-state index contributed by atoms with van der Waals surface area (Å²) in [6, 6.07) is 9.57. The van der Waals surface area contributed by atoms with Gasteiger partial charge in [0.1, 0.15) is 6.61 Å². The summed E-state index contributed by atoms with van der Waals surface area (Å²) in [5.74, 6) is 0. The largest absolute Gasteiger partial charge is 0.447 e. The minimum Gasteiger partial charge on any atom is -0.447 e. The quantitative estimate of drug-likeness (QED) is 0.651. The normalized spacial score (nSPS) is 11.9. The summed E-state index contributed by atoms with van der Waals surface area (Å²) in [5.41, 5.74) is 0.999. The van der Waals surface area contributed by atoms with E-state index in [1.807, 2.05) is 30.3 Å². The second kappa shape index (κ2) is 11.1. The molecule has 5 heteroatoms. The molecule has 1 aromatic carbocycles. The lowest BCUT2D eigenvalue weighted by atomic mass is 10.2. The fourth-order valence-corrected chi connectivity index (χ4v) is 1.64. The molecule has 0 aromatic heterocycles. The van der Waals surface area contributed by atoms with Gasteiger partial charge in [-0.1, -0.05) is 43.7 Å². The summed E-state index contributed by atoms with van der Waals surface area (Å²) in [6.07, 6.45) is 1.37. The maximum absolute atomic E-state index is 11.5. The van der Waals surface area contributed by atoms with Crippen LogP contribution in [0.15, 0.2) is 30.3 Å². The SMILES string of the molecule is CCCCOCCC(O)COC(=O)NCc1ccccc1. The molecule has 1 rings (SSSR count). The number of alkyl carbamates (subject to hydrolysis) is 1. The predicted octanol–water partition coefficient (Wildman–Crippen LogP) is 2.48. The number of benzene rings is 1. The standard InChI is InChI=1S/C16H25NO4/c1-2-3-10-20-11-9-15(18)13-21-16(19)17-12-14-7-5-4-6-8-14/h4-8,15,18H,2-3,9-13H2,1H3,(H,17,19). The van der Waals surface area contributed by atoms with Gasteiger partial charge in [0.2, 0.25) is 0 Å². The Balaban J connectivity index is 2.04. The Labute approximate surface area is 126 Å². The van der Waals surface area contributed by atoms with Crippen LogP contribution in [-0.4, -0.2) is 37.1 Å². The molecule has 21 heavy (non-hydrogen) atoms. The molecule has 2 N–H and O–H groups in total. The highest BCUT2D eigenvalue weighted by molar-refractivity contribution is 5.67. The first-order valence-electron chi connectivity index (χ1n) is 7.42. The number of aliphatic hydroxyl groups excluding tert-OH is 1. The number of carbonyl (C=O) groups is 1. The summed E-state index contributed by atoms with van der Waals surface area (Å²) in [5, 5.41) is 12.3. The average Bonchev–Trinajstić information content (AvgIpc) is 2.51. The van der Waals surface area contributed by atoms with Gasteiger partial charge >= 0.3 is 6.09 Å². The average molecular weight is 295 g/mol. The lowest BCUT2D eigenvalue weighted by molar-refractivity contribution is 0.0365. The van der Waals surface area contributed by atoms with Crippen molar-refractivity contribution in [3.63, 3.8) is 0 Å². The fourth-order valence-electron chi connectivity index (χ4n) is 1.64. The third-order valence-electron chi connectivity index (χ3n) is 2.92. The van der Waals surface area contributed by atoms with E-state index in [4.69, 9.17) is 9.47 Å². The molecule has 118 valence electrons. The highest BCUT2D eigenvalue weighted by Gasteiger charge is 2.08. The van der Waals surface area contributed by atoms with Crippen molar-refractivity contribution < 1.29 is 19.4 Å². The minimum atomic E-state index is -0.686. The van der Waals surface area contributed by atoms with Crippen LogP contribution in [0.3, 0.4) is 0 Å². The molecule has 0 bridgehead atoms. The number of unbranched alkanes of at least 4 members (excludes halogenated alkanes) is 1. The van der Waals surface area contributed by atoms with Crippen molar-refractivity contribution in [3.05, 3.63) is 35.9 Å². The van der Waals surface area contributed by atoms with Crippen LogP contribution in [0.25, 0.3) is 0 Å². The lowest BCUT2D eigenvalue weighted by Gasteiger charge is -2.12. The number of hydrogen-bond donors (Lipinski definition) is 2. The number of rotatable bonds is 10. The van der Waals surface area contributed by atoms with E-state index in [0.717, 1.165) is 18.4 Å². The number of hydrogen-bond acceptors (Lipinski definition) is 4. The number of amides is 1. The maximum Gasteiger partial charge on any atom is 0.407 e. The Morgan fingerprint density at radius 1 is 1.29 bits per heavy atom. The first-order valence-corrected chi connectivity index (χ1v) is 7.42. The number of carbonyl (C=O) groups excluding carboxylic acids is 1. The molecule has 0 fully saturated rings. The van der Waals surface area contributed by atoms with Gasteiger partial charge in [0.15, 0.2) is 0 Å². The van der Waals surface area contributed by atoms with E-state index in [1.165, 1.54) is 0 Å². The van der Waals surface area contributed by atoms with Crippen LogP contribution in [-0.2, 0) is 16.0 Å². The van der Waals surface area contributed by atoms with Crippen LogP contribution >= 0.6 is 0 Å². The second-order valence-electron chi connectivity index (χ2n) is 4.85. The Morgan fingerprint density at radius 3 is 2.76 bits per heavy atom. The third kappa shape index (κ3) is 9.05. The number of aliphatic hydroxyl groups is 1. The lowest BCUT2D eigenvalue weighted by Crippen LogP contribution is -2.28. The molecular formula is C16H25NO4. The molecule has 0 heterocycles. The van der Waals surface area contributed by atoms with E-state index in [0.29, 0.717) is 26.2 Å². The Kier molecular flexibility index (Phi) is 9.24. The molecule has 0 aliphatic carbocycles. The predicted molar refractivity (Wildman–Crippen MR) is 81.0 cm³/mol. The molecule has 0 spiro atoms. The first kappa shape index (κ1) is 17.5. The van der Waals surface area contributed by atoms with Gasteiger partial charge in [-0.25, -0.2) is 4.79 Å². The molecule has 1 unspecified atom stereocenters. The molecule has 0 saturated carbocycles. The zero-order valence-electron chi connectivity index (χ0n) is 12.6. The molecule has 1 atom stereocenters. The van der Waals surface area contributed by atoms with Gasteiger partial charge in [-0.3, -0.25) is 0 Å². The van der Waals surface area contributed by atoms with Crippen molar-refractivity contribution in [1.82, 2.24) is 5.32 Å². The zero-order valence-corrected chi connectivity index (χ0v) is 12.6. The Hall–Kier alpha value is -1.59. The maximum atomic E-state index is 11.5. The fraction of sp³-hybridized carbons (Fsp3) is 0.562. The van der Waals surface area contributed by atoms with Crippen molar-refractivity contribution in [3.8, 4) is 0 Å². The number of nitrogens with one attached hydrogen (secondary N) is 1. The van der Waals surface area contributed by atoms with Gasteiger partial charge < -0.3 is 19.9 Å². The summed E-state index contributed by atoms with van der Waals surface area (Å²) >= 11 is 0. The van der Waals surface area contributed by atoms with Crippen molar-refractivity contribution in [1.29, 1.82) is 0 Å². The second-order valence-corrected chi connectivity index (χ2v) is 4.85. The molecule has 5 nitrogen and oxygen atoms in total. The van der Waals surface area contributed by atoms with E-state index < -0.39 is 12.2 Å². The highest BCUT2D eigenvalue weighted by Crippen LogP contribution is 1.99. The van der Waals surface area contributed by atoms with Gasteiger partial charge in [0.05, 0.1) is 6.10 Å². The van der Waals surface area contributed by atoms with Gasteiger partial charge in [-0.15, -0.1) is 0 Å². The van der Waals surface area contributed by atoms with Crippen LogP contribution in [0.5, 0.6) is 0 Å². The third-order valence-corrected chi connectivity index (χ3v) is 2.92. The summed E-state index contributed by atoms with van der Waals surface area (Å²) in [4.78, 5) is 11.5. The van der Waals surface area contributed by atoms with Crippen molar-refractivity contribution in [2.75, 3.05) is 19.8 Å². The van der Waals surface area contributed by atoms with Crippen LogP contribution in [0, 0.1) is 0 Å². The van der Waals surface area contributed by atoms with E-state index in [1.54, 1.807) is 0 Å². The Bertz CT molecular complexity index is 383. The van der Waals surface area contributed by atoms with Crippen LogP contribution in [0.4, 0.5) is 4.79 Å². The zero-order chi connectivity index (χ0) is 15.3. The molecule has 0 aliphatic heterocycles. The molecule has 1 amide bonds. The van der Waals surface area contributed by atoms with E-state index >= 15 is 0 Å². The Morgan fingerprint density at radius 2 is 2.05 bits per heavy atom. The van der Waals surface area contributed by atoms with Crippen molar-refractivity contribution in [2.24, 2.45) is 0 Å².